The predicted molar refractivity (Wildman–Crippen MR) is 81.6 cm³/mol. The van der Waals surface area contributed by atoms with E-state index in [9.17, 15) is 0 Å². The summed E-state index contributed by atoms with van der Waals surface area (Å²) in [4.78, 5) is 0. The molecular weight excluding hydrogens is 274 g/mol. The lowest BCUT2D eigenvalue weighted by molar-refractivity contribution is 0.204. The van der Waals surface area contributed by atoms with Crippen LogP contribution in [0.2, 0.25) is 5.02 Å². The van der Waals surface area contributed by atoms with Crippen LogP contribution in [0.3, 0.4) is 0 Å². The third kappa shape index (κ3) is 3.44. The van der Waals surface area contributed by atoms with Gasteiger partial charge in [0.2, 0.25) is 0 Å². The molecule has 106 valence electrons. The molecule has 2 aromatic rings. The monoisotopic (exact) mass is 291 g/mol. The molecule has 2 N–H and O–H groups in total. The second-order valence-electron chi connectivity index (χ2n) is 4.55. The summed E-state index contributed by atoms with van der Waals surface area (Å²) in [5, 5.41) is 0.692. The van der Waals surface area contributed by atoms with Gasteiger partial charge in [0.05, 0.1) is 7.11 Å². The fourth-order valence-corrected chi connectivity index (χ4v) is 2.08. The van der Waals surface area contributed by atoms with Crippen molar-refractivity contribution in [3.8, 4) is 11.5 Å². The van der Waals surface area contributed by atoms with Gasteiger partial charge in [0.25, 0.3) is 0 Å². The molecule has 0 fully saturated rings. The molecule has 1 unspecified atom stereocenters. The van der Waals surface area contributed by atoms with Crippen LogP contribution in [-0.4, -0.2) is 13.7 Å². The minimum absolute atomic E-state index is 0.233. The van der Waals surface area contributed by atoms with Crippen LogP contribution in [0.5, 0.6) is 11.5 Å². The van der Waals surface area contributed by atoms with Crippen molar-refractivity contribution < 1.29 is 9.47 Å². The highest BCUT2D eigenvalue weighted by molar-refractivity contribution is 6.30. The SMILES string of the molecule is COc1cc(C)ccc1OC(CN)c1ccc(Cl)cc1. The van der Waals surface area contributed by atoms with E-state index < -0.39 is 0 Å². The van der Waals surface area contributed by atoms with E-state index in [1.54, 1.807) is 7.11 Å². The molecule has 1 atom stereocenters. The molecule has 0 aliphatic rings. The van der Waals surface area contributed by atoms with Crippen molar-refractivity contribution in [1.82, 2.24) is 0 Å². The molecule has 0 spiro atoms. The highest BCUT2D eigenvalue weighted by atomic mass is 35.5. The molecule has 4 heteroatoms. The average Bonchev–Trinajstić information content (AvgIpc) is 2.47. The van der Waals surface area contributed by atoms with Gasteiger partial charge in [-0.05, 0) is 42.3 Å². The van der Waals surface area contributed by atoms with Gasteiger partial charge in [-0.25, -0.2) is 0 Å². The predicted octanol–water partition coefficient (Wildman–Crippen LogP) is 3.74. The van der Waals surface area contributed by atoms with Gasteiger partial charge in [-0.1, -0.05) is 29.8 Å². The first-order valence-electron chi connectivity index (χ1n) is 6.41. The summed E-state index contributed by atoms with van der Waals surface area (Å²) >= 11 is 5.89. The summed E-state index contributed by atoms with van der Waals surface area (Å²) in [6.07, 6.45) is -0.233. The molecule has 20 heavy (non-hydrogen) atoms. The number of ether oxygens (including phenoxy) is 2. The maximum absolute atomic E-state index is 5.97. The lowest BCUT2D eigenvalue weighted by Gasteiger charge is -2.20. The van der Waals surface area contributed by atoms with E-state index >= 15 is 0 Å². The van der Waals surface area contributed by atoms with E-state index in [0.717, 1.165) is 11.1 Å². The smallest absolute Gasteiger partial charge is 0.162 e. The maximum Gasteiger partial charge on any atom is 0.162 e. The quantitative estimate of drug-likeness (QED) is 0.913. The summed E-state index contributed by atoms with van der Waals surface area (Å²) in [6.45, 7) is 2.38. The molecular formula is C16H18ClNO2. The lowest BCUT2D eigenvalue weighted by Crippen LogP contribution is -2.18. The fraction of sp³-hybridized carbons (Fsp3) is 0.250. The Kier molecular flexibility index (Phi) is 4.88. The summed E-state index contributed by atoms with van der Waals surface area (Å²) < 4.78 is 11.3. The highest BCUT2D eigenvalue weighted by Crippen LogP contribution is 2.31. The van der Waals surface area contributed by atoms with Crippen molar-refractivity contribution in [3.05, 3.63) is 58.6 Å². The number of benzene rings is 2. The molecule has 0 bridgehead atoms. The first kappa shape index (κ1) is 14.7. The Bertz CT molecular complexity index is 569. The minimum Gasteiger partial charge on any atom is -0.493 e. The van der Waals surface area contributed by atoms with Crippen LogP contribution in [0, 0.1) is 6.92 Å². The molecule has 0 saturated heterocycles. The van der Waals surface area contributed by atoms with Gasteiger partial charge in [-0.15, -0.1) is 0 Å². The topological polar surface area (TPSA) is 44.5 Å². The standard InChI is InChI=1S/C16H18ClNO2/c1-11-3-8-14(15(9-11)19-2)20-16(10-18)12-4-6-13(17)7-5-12/h3-9,16H,10,18H2,1-2H3. The van der Waals surface area contributed by atoms with E-state index in [1.807, 2.05) is 49.4 Å². The summed E-state index contributed by atoms with van der Waals surface area (Å²) in [6, 6.07) is 13.3. The van der Waals surface area contributed by atoms with Crippen molar-refractivity contribution >= 4 is 11.6 Å². The zero-order valence-electron chi connectivity index (χ0n) is 11.6. The Balaban J connectivity index is 2.24. The molecule has 0 heterocycles. The minimum atomic E-state index is -0.233. The van der Waals surface area contributed by atoms with Gasteiger partial charge < -0.3 is 15.2 Å². The molecule has 2 aromatic carbocycles. The Morgan fingerprint density at radius 1 is 1.10 bits per heavy atom. The van der Waals surface area contributed by atoms with Gasteiger partial charge >= 0.3 is 0 Å². The van der Waals surface area contributed by atoms with E-state index in [2.05, 4.69) is 0 Å². The van der Waals surface area contributed by atoms with Crippen LogP contribution < -0.4 is 15.2 Å². The molecule has 0 radical (unpaired) electrons. The number of hydrogen-bond donors (Lipinski definition) is 1. The van der Waals surface area contributed by atoms with Crippen LogP contribution in [0.4, 0.5) is 0 Å². The summed E-state index contributed by atoms with van der Waals surface area (Å²) in [5.74, 6) is 1.39. The average molecular weight is 292 g/mol. The third-order valence-electron chi connectivity index (χ3n) is 3.04. The largest absolute Gasteiger partial charge is 0.493 e. The first-order valence-corrected chi connectivity index (χ1v) is 6.78. The number of rotatable bonds is 5. The Morgan fingerprint density at radius 3 is 2.40 bits per heavy atom. The van der Waals surface area contributed by atoms with E-state index in [-0.39, 0.29) is 6.10 Å². The molecule has 0 aliphatic carbocycles. The van der Waals surface area contributed by atoms with Crippen LogP contribution in [0.1, 0.15) is 17.2 Å². The molecule has 3 nitrogen and oxygen atoms in total. The van der Waals surface area contributed by atoms with Gasteiger partial charge in [0.15, 0.2) is 11.5 Å². The van der Waals surface area contributed by atoms with Gasteiger partial charge in [0, 0.05) is 11.6 Å². The van der Waals surface area contributed by atoms with Crippen molar-refractivity contribution in [2.24, 2.45) is 5.73 Å². The van der Waals surface area contributed by atoms with Crippen molar-refractivity contribution in [2.75, 3.05) is 13.7 Å². The highest BCUT2D eigenvalue weighted by Gasteiger charge is 2.14. The van der Waals surface area contributed by atoms with Crippen LogP contribution >= 0.6 is 11.6 Å². The third-order valence-corrected chi connectivity index (χ3v) is 3.30. The Hall–Kier alpha value is -1.71. The molecule has 2 rings (SSSR count). The number of halogens is 1. The Labute approximate surface area is 124 Å². The maximum atomic E-state index is 5.97. The lowest BCUT2D eigenvalue weighted by atomic mass is 10.1. The fourth-order valence-electron chi connectivity index (χ4n) is 1.96. The van der Waals surface area contributed by atoms with Gasteiger partial charge in [0.1, 0.15) is 6.10 Å². The first-order chi connectivity index (χ1) is 9.63. The van der Waals surface area contributed by atoms with E-state index in [1.165, 1.54) is 0 Å². The van der Waals surface area contributed by atoms with E-state index in [0.29, 0.717) is 23.1 Å². The second kappa shape index (κ2) is 6.64. The second-order valence-corrected chi connectivity index (χ2v) is 4.98. The number of methoxy groups -OCH3 is 1. The zero-order chi connectivity index (χ0) is 14.5. The number of nitrogens with two attached hydrogens (primary N) is 1. The van der Waals surface area contributed by atoms with Crippen molar-refractivity contribution in [2.45, 2.75) is 13.0 Å². The molecule has 0 saturated carbocycles. The van der Waals surface area contributed by atoms with Crippen molar-refractivity contribution in [1.29, 1.82) is 0 Å². The van der Waals surface area contributed by atoms with Gasteiger partial charge in [-0.3, -0.25) is 0 Å². The van der Waals surface area contributed by atoms with E-state index in [4.69, 9.17) is 26.8 Å². The molecule has 0 aromatic heterocycles. The van der Waals surface area contributed by atoms with Crippen LogP contribution in [0.25, 0.3) is 0 Å². The van der Waals surface area contributed by atoms with Crippen molar-refractivity contribution in [3.63, 3.8) is 0 Å². The van der Waals surface area contributed by atoms with Crippen LogP contribution in [0.15, 0.2) is 42.5 Å². The number of aryl methyl sites for hydroxylation is 1. The zero-order valence-corrected chi connectivity index (χ0v) is 12.4. The molecule has 0 aliphatic heterocycles. The molecule has 0 amide bonds. The van der Waals surface area contributed by atoms with Gasteiger partial charge in [-0.2, -0.15) is 0 Å². The Morgan fingerprint density at radius 2 is 1.80 bits per heavy atom. The number of hydrogen-bond acceptors (Lipinski definition) is 3. The van der Waals surface area contributed by atoms with Crippen LogP contribution in [-0.2, 0) is 0 Å². The summed E-state index contributed by atoms with van der Waals surface area (Å²) in [7, 11) is 1.63. The normalized spacial score (nSPS) is 12.0. The summed E-state index contributed by atoms with van der Waals surface area (Å²) in [5.41, 5.74) is 7.91.